The Balaban J connectivity index is 1.49. The van der Waals surface area contributed by atoms with Crippen LogP contribution in [0, 0.1) is 17.6 Å². The number of halogens is 5. The van der Waals surface area contributed by atoms with E-state index in [1.807, 2.05) is 4.57 Å². The summed E-state index contributed by atoms with van der Waals surface area (Å²) in [6.45, 7) is 0. The number of nitrogens with one attached hydrogen (secondary N) is 2. The molecule has 4 N–H and O–H groups in total. The summed E-state index contributed by atoms with van der Waals surface area (Å²) in [6.07, 6.45) is 4.43. The van der Waals surface area contributed by atoms with Crippen molar-refractivity contribution in [3.63, 3.8) is 0 Å². The van der Waals surface area contributed by atoms with Crippen molar-refractivity contribution in [3.8, 4) is 0 Å². The molecule has 2 saturated carbocycles. The summed E-state index contributed by atoms with van der Waals surface area (Å²) in [4.78, 5) is 24.7. The quantitative estimate of drug-likeness (QED) is 0.332. The minimum Gasteiger partial charge on any atom is -0.370 e. The first kappa shape index (κ1) is 25.5. The zero-order valence-corrected chi connectivity index (χ0v) is 20.5. The molecule has 2 aliphatic carbocycles. The number of amides is 1. The predicted molar refractivity (Wildman–Crippen MR) is 131 cm³/mol. The van der Waals surface area contributed by atoms with Crippen LogP contribution in [0.2, 0.25) is 5.02 Å². The Hall–Kier alpha value is -3.15. The van der Waals surface area contributed by atoms with Crippen molar-refractivity contribution in [2.24, 2.45) is 11.7 Å². The Morgan fingerprint density at radius 3 is 2.57 bits per heavy atom. The monoisotopic (exact) mass is 539 g/mol. The fourth-order valence-electron chi connectivity index (χ4n) is 5.32. The Labute approximate surface area is 215 Å². The van der Waals surface area contributed by atoms with Crippen LogP contribution in [-0.2, 0) is 4.79 Å². The van der Waals surface area contributed by atoms with Crippen molar-refractivity contribution in [2.45, 2.75) is 69.4 Å². The summed E-state index contributed by atoms with van der Waals surface area (Å²) in [5.74, 6) is -4.17. The Morgan fingerprint density at radius 1 is 1.16 bits per heavy atom. The number of alkyl halides is 2. The zero-order valence-electron chi connectivity index (χ0n) is 19.8. The molecular formula is C24H26ClF4N7O. The van der Waals surface area contributed by atoms with Gasteiger partial charge in [-0.25, -0.2) is 27.5 Å². The number of carbonyl (C=O) groups excluding carboxylic acids is 1. The number of aromatic nitrogens is 4. The van der Waals surface area contributed by atoms with E-state index in [1.165, 1.54) is 6.20 Å². The van der Waals surface area contributed by atoms with Crippen LogP contribution in [0.15, 0.2) is 18.3 Å². The number of carbonyl (C=O) groups is 1. The standard InChI is InChI=1S/C24H26ClF4N7O/c25-16-8-13(26)9-17(27)20(16)34-23-33-18-11-31-22(32-14-5-6-24(28,29)10-14)35-21(18)36(23)15-3-1-12(2-4-15)7-19(30)37/h8-9,11-12,14-15H,1-7,10H2,(H2,30,37)(H,33,34)(H,31,32,35)/t12-,14-,15+/m0/s1. The first-order chi connectivity index (χ1) is 17.6. The van der Waals surface area contributed by atoms with Gasteiger partial charge in [0.2, 0.25) is 23.7 Å². The van der Waals surface area contributed by atoms with Crippen LogP contribution in [0.1, 0.15) is 57.4 Å². The molecule has 2 heterocycles. The molecule has 1 aromatic carbocycles. The number of nitrogens with two attached hydrogens (primary N) is 1. The number of hydrogen-bond acceptors (Lipinski definition) is 6. The number of hydrogen-bond donors (Lipinski definition) is 3. The van der Waals surface area contributed by atoms with E-state index in [9.17, 15) is 22.4 Å². The third kappa shape index (κ3) is 5.58. The van der Waals surface area contributed by atoms with E-state index in [2.05, 4.69) is 25.6 Å². The van der Waals surface area contributed by atoms with E-state index in [4.69, 9.17) is 17.3 Å². The molecule has 0 bridgehead atoms. The summed E-state index contributed by atoms with van der Waals surface area (Å²) in [5.41, 5.74) is 6.07. The molecule has 1 amide bonds. The van der Waals surface area contributed by atoms with Crippen molar-refractivity contribution in [2.75, 3.05) is 10.6 Å². The van der Waals surface area contributed by atoms with Gasteiger partial charge in [-0.1, -0.05) is 11.6 Å². The molecule has 37 heavy (non-hydrogen) atoms. The molecule has 0 unspecified atom stereocenters. The molecule has 2 aliphatic rings. The maximum Gasteiger partial charge on any atom is 0.250 e. The van der Waals surface area contributed by atoms with E-state index in [1.54, 1.807) is 0 Å². The van der Waals surface area contributed by atoms with Gasteiger partial charge in [0.15, 0.2) is 11.5 Å². The highest BCUT2D eigenvalue weighted by Gasteiger charge is 2.39. The fourth-order valence-corrected chi connectivity index (χ4v) is 5.56. The Bertz CT molecular complexity index is 1300. The second-order valence-corrected chi connectivity index (χ2v) is 10.3. The van der Waals surface area contributed by atoms with Crippen molar-refractivity contribution >= 4 is 46.3 Å². The number of primary amides is 1. The van der Waals surface area contributed by atoms with Gasteiger partial charge in [0.25, 0.3) is 0 Å². The number of anilines is 3. The lowest BCUT2D eigenvalue weighted by Crippen LogP contribution is -2.24. The van der Waals surface area contributed by atoms with Crippen molar-refractivity contribution in [3.05, 3.63) is 35.0 Å². The van der Waals surface area contributed by atoms with Gasteiger partial charge < -0.3 is 16.4 Å². The smallest absolute Gasteiger partial charge is 0.250 e. The number of benzene rings is 1. The summed E-state index contributed by atoms with van der Waals surface area (Å²) in [7, 11) is 0. The number of imidazole rings is 1. The van der Waals surface area contributed by atoms with E-state index < -0.39 is 23.6 Å². The van der Waals surface area contributed by atoms with Gasteiger partial charge >= 0.3 is 0 Å². The van der Waals surface area contributed by atoms with Crippen LogP contribution in [0.4, 0.5) is 35.1 Å². The molecule has 198 valence electrons. The van der Waals surface area contributed by atoms with Crippen LogP contribution < -0.4 is 16.4 Å². The normalized spacial score (nSPS) is 23.3. The van der Waals surface area contributed by atoms with E-state index >= 15 is 0 Å². The molecule has 3 aromatic rings. The average Bonchev–Trinajstić information content (AvgIpc) is 3.34. The van der Waals surface area contributed by atoms with Crippen molar-refractivity contribution in [1.82, 2.24) is 19.5 Å². The van der Waals surface area contributed by atoms with Gasteiger partial charge in [-0.15, -0.1) is 0 Å². The average molecular weight is 540 g/mol. The summed E-state index contributed by atoms with van der Waals surface area (Å²) in [6, 6.07) is 1.14. The fraction of sp³-hybridized carbons (Fsp3) is 0.500. The lowest BCUT2D eigenvalue weighted by Gasteiger charge is -2.30. The Morgan fingerprint density at radius 2 is 1.92 bits per heavy atom. The highest BCUT2D eigenvalue weighted by molar-refractivity contribution is 6.33. The summed E-state index contributed by atoms with van der Waals surface area (Å²) >= 11 is 6.11. The topological polar surface area (TPSA) is 111 Å². The lowest BCUT2D eigenvalue weighted by molar-refractivity contribution is -0.119. The first-order valence-electron chi connectivity index (χ1n) is 12.2. The highest BCUT2D eigenvalue weighted by Crippen LogP contribution is 2.40. The van der Waals surface area contributed by atoms with E-state index in [-0.39, 0.29) is 53.3 Å². The largest absolute Gasteiger partial charge is 0.370 e. The number of rotatable bonds is 7. The van der Waals surface area contributed by atoms with Gasteiger partial charge in [0.05, 0.1) is 16.9 Å². The third-order valence-electron chi connectivity index (χ3n) is 7.08. The maximum absolute atomic E-state index is 14.6. The van der Waals surface area contributed by atoms with E-state index in [0.717, 1.165) is 25.0 Å². The molecular weight excluding hydrogens is 514 g/mol. The highest BCUT2D eigenvalue weighted by atomic mass is 35.5. The third-order valence-corrected chi connectivity index (χ3v) is 7.38. The molecule has 0 aliphatic heterocycles. The molecule has 2 fully saturated rings. The van der Waals surface area contributed by atoms with Crippen LogP contribution in [-0.4, -0.2) is 37.4 Å². The second kappa shape index (κ2) is 9.96. The SMILES string of the molecule is NC(=O)C[C@H]1CC[C@@H](n2c(Nc3c(F)cc(F)cc3Cl)nc3cnc(N[C@H]4CCC(F)(F)C4)nc32)CC1. The first-order valence-corrected chi connectivity index (χ1v) is 12.5. The lowest BCUT2D eigenvalue weighted by atomic mass is 9.84. The number of nitrogens with zero attached hydrogens (tertiary/aromatic N) is 4. The molecule has 1 atom stereocenters. The molecule has 0 radical (unpaired) electrons. The maximum atomic E-state index is 14.6. The predicted octanol–water partition coefficient (Wildman–Crippen LogP) is 5.71. The molecule has 0 spiro atoms. The van der Waals surface area contributed by atoms with E-state index in [0.29, 0.717) is 36.8 Å². The van der Waals surface area contributed by atoms with Crippen LogP contribution in [0.5, 0.6) is 0 Å². The molecule has 13 heteroatoms. The molecule has 0 saturated heterocycles. The summed E-state index contributed by atoms with van der Waals surface area (Å²) < 4.78 is 57.3. The van der Waals surface area contributed by atoms with Crippen LogP contribution in [0.3, 0.4) is 0 Å². The zero-order chi connectivity index (χ0) is 26.3. The molecule has 8 nitrogen and oxygen atoms in total. The van der Waals surface area contributed by atoms with Crippen molar-refractivity contribution in [1.29, 1.82) is 0 Å². The summed E-state index contributed by atoms with van der Waals surface area (Å²) in [5, 5.41) is 5.72. The van der Waals surface area contributed by atoms with Crippen molar-refractivity contribution < 1.29 is 22.4 Å². The minimum absolute atomic E-state index is 0.113. The van der Waals surface area contributed by atoms with Gasteiger partial charge in [0, 0.05) is 37.4 Å². The molecule has 2 aromatic heterocycles. The van der Waals surface area contributed by atoms with Gasteiger partial charge in [-0.3, -0.25) is 9.36 Å². The van der Waals surface area contributed by atoms with Gasteiger partial charge in [-0.2, -0.15) is 4.98 Å². The Kier molecular flexibility index (Phi) is 6.86. The van der Waals surface area contributed by atoms with Crippen LogP contribution >= 0.6 is 11.6 Å². The van der Waals surface area contributed by atoms with Gasteiger partial charge in [-0.05, 0) is 44.1 Å². The number of fused-ring (bicyclic) bond motifs is 1. The molecule has 5 rings (SSSR count). The van der Waals surface area contributed by atoms with Crippen LogP contribution in [0.25, 0.3) is 11.2 Å². The van der Waals surface area contributed by atoms with Gasteiger partial charge in [0.1, 0.15) is 11.3 Å². The minimum atomic E-state index is -2.72. The second-order valence-electron chi connectivity index (χ2n) is 9.86.